The quantitative estimate of drug-likeness (QED) is 0.699. The summed E-state index contributed by atoms with van der Waals surface area (Å²) in [6, 6.07) is 2.16. The van der Waals surface area contributed by atoms with Crippen LogP contribution in [0.1, 0.15) is 47.0 Å². The summed E-state index contributed by atoms with van der Waals surface area (Å²) in [6.07, 6.45) is 2.24. The average Bonchev–Trinajstić information content (AvgIpc) is 2.17. The number of pyridine rings is 1. The number of fused-ring (bicyclic) bond motifs is 1. The molecule has 0 aliphatic heterocycles. The van der Waals surface area contributed by atoms with E-state index in [2.05, 4.69) is 11.1 Å². The van der Waals surface area contributed by atoms with Gasteiger partial charge in [0.2, 0.25) is 0 Å². The standard InChI is InChI=1S/C12H14N2O/c1-7-9(6-13)8(2)14-10-4-3-5-11(15)12(7)10/h11,15H,3-5H2,1-2H3. The van der Waals surface area contributed by atoms with Gasteiger partial charge in [-0.2, -0.15) is 5.26 Å². The Morgan fingerprint density at radius 2 is 2.20 bits per heavy atom. The third-order valence-corrected chi connectivity index (χ3v) is 3.09. The van der Waals surface area contributed by atoms with Crippen molar-refractivity contribution in [2.45, 2.75) is 39.2 Å². The van der Waals surface area contributed by atoms with E-state index in [4.69, 9.17) is 5.26 Å². The van der Waals surface area contributed by atoms with E-state index >= 15 is 0 Å². The maximum atomic E-state index is 9.90. The number of aliphatic hydroxyl groups is 1. The summed E-state index contributed by atoms with van der Waals surface area (Å²) in [5.74, 6) is 0. The molecule has 0 fully saturated rings. The molecule has 1 aliphatic carbocycles. The molecule has 0 saturated carbocycles. The molecule has 0 radical (unpaired) electrons. The Balaban J connectivity index is 2.69. The smallest absolute Gasteiger partial charge is 0.101 e. The normalized spacial score (nSPS) is 19.5. The zero-order valence-electron chi connectivity index (χ0n) is 9.04. The minimum Gasteiger partial charge on any atom is -0.388 e. The Bertz CT molecular complexity index is 446. The first-order valence-electron chi connectivity index (χ1n) is 5.23. The molecule has 1 aliphatic rings. The SMILES string of the molecule is Cc1nc2c(c(C)c1C#N)C(O)CCC2. The molecule has 78 valence electrons. The van der Waals surface area contributed by atoms with Crippen molar-refractivity contribution in [3.05, 3.63) is 28.1 Å². The highest BCUT2D eigenvalue weighted by atomic mass is 16.3. The van der Waals surface area contributed by atoms with Crippen molar-refractivity contribution in [2.24, 2.45) is 0 Å². The van der Waals surface area contributed by atoms with E-state index < -0.39 is 6.10 Å². The van der Waals surface area contributed by atoms with E-state index in [1.165, 1.54) is 0 Å². The second-order valence-corrected chi connectivity index (χ2v) is 4.08. The van der Waals surface area contributed by atoms with E-state index in [0.717, 1.165) is 41.8 Å². The van der Waals surface area contributed by atoms with E-state index in [9.17, 15) is 5.11 Å². The molecule has 3 nitrogen and oxygen atoms in total. The highest BCUT2D eigenvalue weighted by Gasteiger charge is 2.23. The third-order valence-electron chi connectivity index (χ3n) is 3.09. The van der Waals surface area contributed by atoms with Crippen LogP contribution in [-0.4, -0.2) is 10.1 Å². The Kier molecular flexibility index (Phi) is 2.45. The van der Waals surface area contributed by atoms with Gasteiger partial charge in [-0.1, -0.05) is 0 Å². The van der Waals surface area contributed by atoms with E-state index in [1.807, 2.05) is 13.8 Å². The summed E-state index contributed by atoms with van der Waals surface area (Å²) in [5.41, 5.74) is 4.18. The zero-order valence-corrected chi connectivity index (χ0v) is 9.04. The second kappa shape index (κ2) is 3.63. The predicted octanol–water partition coefficient (Wildman–Crippen LogP) is 1.94. The number of nitriles is 1. The fourth-order valence-corrected chi connectivity index (χ4v) is 2.35. The van der Waals surface area contributed by atoms with Crippen molar-refractivity contribution in [3.8, 4) is 6.07 Å². The number of aliphatic hydroxyl groups excluding tert-OH is 1. The molecule has 0 bridgehead atoms. The number of aromatic nitrogens is 1. The Hall–Kier alpha value is -1.40. The molecule has 1 heterocycles. The molecule has 0 aromatic carbocycles. The van der Waals surface area contributed by atoms with Crippen LogP contribution in [0.5, 0.6) is 0 Å². The van der Waals surface area contributed by atoms with Crippen LogP contribution < -0.4 is 0 Å². The highest BCUT2D eigenvalue weighted by Crippen LogP contribution is 2.32. The van der Waals surface area contributed by atoms with Crippen molar-refractivity contribution in [1.29, 1.82) is 5.26 Å². The maximum absolute atomic E-state index is 9.90. The fraction of sp³-hybridized carbons (Fsp3) is 0.500. The molecule has 0 amide bonds. The fourth-order valence-electron chi connectivity index (χ4n) is 2.35. The summed E-state index contributed by atoms with van der Waals surface area (Å²) in [4.78, 5) is 4.41. The number of nitrogens with zero attached hydrogens (tertiary/aromatic N) is 2. The van der Waals surface area contributed by atoms with Gasteiger partial charge in [0.05, 0.1) is 17.4 Å². The lowest BCUT2D eigenvalue weighted by molar-refractivity contribution is 0.154. The third kappa shape index (κ3) is 1.51. The molecule has 0 saturated heterocycles. The molecule has 3 heteroatoms. The van der Waals surface area contributed by atoms with Crippen LogP contribution in [0.2, 0.25) is 0 Å². The number of aryl methyl sites for hydroxylation is 2. The minimum atomic E-state index is -0.436. The Labute approximate surface area is 89.4 Å². The van der Waals surface area contributed by atoms with E-state index in [0.29, 0.717) is 5.56 Å². The number of hydrogen-bond donors (Lipinski definition) is 1. The molecule has 1 N–H and O–H groups in total. The topological polar surface area (TPSA) is 56.9 Å². The lowest BCUT2D eigenvalue weighted by Gasteiger charge is -2.23. The summed E-state index contributed by atoms with van der Waals surface area (Å²) < 4.78 is 0. The first-order chi connectivity index (χ1) is 7.15. The van der Waals surface area contributed by atoms with Gasteiger partial charge in [-0.25, -0.2) is 0 Å². The van der Waals surface area contributed by atoms with Crippen LogP contribution in [0.25, 0.3) is 0 Å². The molecule has 15 heavy (non-hydrogen) atoms. The van der Waals surface area contributed by atoms with Crippen molar-refractivity contribution in [1.82, 2.24) is 4.98 Å². The molecular weight excluding hydrogens is 188 g/mol. The highest BCUT2D eigenvalue weighted by molar-refractivity contribution is 5.47. The first kappa shape index (κ1) is 10.1. The van der Waals surface area contributed by atoms with Gasteiger partial charge in [-0.3, -0.25) is 4.98 Å². The van der Waals surface area contributed by atoms with Gasteiger partial charge >= 0.3 is 0 Å². The molecule has 0 spiro atoms. The molecule has 1 aromatic heterocycles. The lowest BCUT2D eigenvalue weighted by Crippen LogP contribution is -2.15. The van der Waals surface area contributed by atoms with Gasteiger partial charge in [0.25, 0.3) is 0 Å². The summed E-state index contributed by atoms with van der Waals surface area (Å²) in [5, 5.41) is 18.9. The lowest BCUT2D eigenvalue weighted by atomic mass is 9.88. The first-order valence-corrected chi connectivity index (χ1v) is 5.23. The van der Waals surface area contributed by atoms with E-state index in [-0.39, 0.29) is 0 Å². The van der Waals surface area contributed by atoms with Crippen molar-refractivity contribution in [3.63, 3.8) is 0 Å². The number of hydrogen-bond acceptors (Lipinski definition) is 3. The summed E-state index contributed by atoms with van der Waals surface area (Å²) in [6.45, 7) is 3.76. The van der Waals surface area contributed by atoms with Crippen LogP contribution in [0.15, 0.2) is 0 Å². The zero-order chi connectivity index (χ0) is 11.0. The van der Waals surface area contributed by atoms with Gasteiger partial charge in [-0.05, 0) is 38.7 Å². The monoisotopic (exact) mass is 202 g/mol. The molecule has 1 aromatic rings. The Morgan fingerprint density at radius 3 is 2.87 bits per heavy atom. The van der Waals surface area contributed by atoms with Gasteiger partial charge in [0.15, 0.2) is 0 Å². The van der Waals surface area contributed by atoms with Crippen LogP contribution >= 0.6 is 0 Å². The van der Waals surface area contributed by atoms with Gasteiger partial charge in [0, 0.05) is 11.3 Å². The second-order valence-electron chi connectivity index (χ2n) is 4.08. The molecule has 1 unspecified atom stereocenters. The van der Waals surface area contributed by atoms with E-state index in [1.54, 1.807) is 0 Å². The largest absolute Gasteiger partial charge is 0.388 e. The van der Waals surface area contributed by atoms with Crippen LogP contribution in [-0.2, 0) is 6.42 Å². The van der Waals surface area contributed by atoms with Crippen molar-refractivity contribution in [2.75, 3.05) is 0 Å². The van der Waals surface area contributed by atoms with Crippen molar-refractivity contribution >= 4 is 0 Å². The van der Waals surface area contributed by atoms with Crippen molar-refractivity contribution < 1.29 is 5.11 Å². The predicted molar refractivity (Wildman–Crippen MR) is 56.3 cm³/mol. The van der Waals surface area contributed by atoms with Crippen LogP contribution in [0.3, 0.4) is 0 Å². The van der Waals surface area contributed by atoms with Gasteiger partial charge < -0.3 is 5.11 Å². The maximum Gasteiger partial charge on any atom is 0.101 e. The van der Waals surface area contributed by atoms with Gasteiger partial charge in [-0.15, -0.1) is 0 Å². The molecular formula is C12H14N2O. The van der Waals surface area contributed by atoms with Gasteiger partial charge in [0.1, 0.15) is 6.07 Å². The molecule has 2 rings (SSSR count). The Morgan fingerprint density at radius 1 is 1.47 bits per heavy atom. The molecule has 1 atom stereocenters. The number of rotatable bonds is 0. The van der Waals surface area contributed by atoms with Crippen LogP contribution in [0, 0.1) is 25.2 Å². The minimum absolute atomic E-state index is 0.436. The summed E-state index contributed by atoms with van der Waals surface area (Å²) in [7, 11) is 0. The average molecular weight is 202 g/mol. The summed E-state index contributed by atoms with van der Waals surface area (Å²) >= 11 is 0. The van der Waals surface area contributed by atoms with Crippen LogP contribution in [0.4, 0.5) is 0 Å².